The van der Waals surface area contributed by atoms with E-state index < -0.39 is 5.91 Å². The van der Waals surface area contributed by atoms with E-state index in [0.717, 1.165) is 16.8 Å². The Bertz CT molecular complexity index is 770. The Hall–Kier alpha value is -2.34. The highest BCUT2D eigenvalue weighted by Crippen LogP contribution is 2.23. The minimum atomic E-state index is -0.426. The molecular weight excluding hydrogens is 372 g/mol. The average molecular weight is 391 g/mol. The molecule has 2 aromatic rings. The fraction of sp³-hybridized carbons (Fsp3) is 0.222. The largest absolute Gasteiger partial charge is 0.507 e. The molecule has 2 aromatic carbocycles. The van der Waals surface area contributed by atoms with Crippen LogP contribution in [0, 0.1) is 13.8 Å². The van der Waals surface area contributed by atoms with E-state index in [0.29, 0.717) is 4.47 Å². The first-order chi connectivity index (χ1) is 11.3. The first-order valence-electron chi connectivity index (χ1n) is 7.39. The topological polar surface area (TPSA) is 69.6 Å². The minimum absolute atomic E-state index is 0.113. The molecule has 0 atom stereocenters. The average Bonchev–Trinajstić information content (AvgIpc) is 2.52. The minimum Gasteiger partial charge on any atom is -0.507 e. The predicted molar refractivity (Wildman–Crippen MR) is 97.3 cm³/mol. The van der Waals surface area contributed by atoms with Crippen molar-refractivity contribution in [2.75, 3.05) is 18.9 Å². The Balaban J connectivity index is 2.08. The van der Waals surface area contributed by atoms with Gasteiger partial charge in [0, 0.05) is 17.2 Å². The van der Waals surface area contributed by atoms with Crippen LogP contribution >= 0.6 is 15.9 Å². The molecule has 5 nitrogen and oxygen atoms in total. The van der Waals surface area contributed by atoms with Gasteiger partial charge < -0.3 is 15.3 Å². The van der Waals surface area contributed by atoms with Gasteiger partial charge in [0.05, 0.1) is 12.1 Å². The Kier molecular flexibility index (Phi) is 5.62. The van der Waals surface area contributed by atoms with E-state index in [9.17, 15) is 14.7 Å². The van der Waals surface area contributed by atoms with Crippen LogP contribution in [0.5, 0.6) is 5.75 Å². The summed E-state index contributed by atoms with van der Waals surface area (Å²) in [5, 5.41) is 12.7. The zero-order valence-corrected chi connectivity index (χ0v) is 15.3. The smallest absolute Gasteiger partial charge is 0.257 e. The number of hydrogen-bond donors (Lipinski definition) is 2. The molecule has 24 heavy (non-hydrogen) atoms. The number of aryl methyl sites for hydroxylation is 2. The highest BCUT2D eigenvalue weighted by molar-refractivity contribution is 9.10. The Morgan fingerprint density at radius 2 is 1.79 bits per heavy atom. The number of nitrogens with zero attached hydrogens (tertiary/aromatic N) is 1. The third-order valence-corrected chi connectivity index (χ3v) is 4.16. The summed E-state index contributed by atoms with van der Waals surface area (Å²) in [5.74, 6) is -0.839. The van der Waals surface area contributed by atoms with E-state index in [1.807, 2.05) is 32.0 Å². The SMILES string of the molecule is Cc1cccc(C)c1NC(=O)CN(C)C(=O)c1cc(Br)ccc1O. The normalized spacial score (nSPS) is 10.3. The van der Waals surface area contributed by atoms with E-state index in [1.165, 1.54) is 24.1 Å². The van der Waals surface area contributed by atoms with Crippen LogP contribution < -0.4 is 5.32 Å². The van der Waals surface area contributed by atoms with Gasteiger partial charge in [-0.2, -0.15) is 0 Å². The van der Waals surface area contributed by atoms with E-state index in [2.05, 4.69) is 21.2 Å². The number of halogens is 1. The zero-order chi connectivity index (χ0) is 17.9. The number of rotatable bonds is 4. The van der Waals surface area contributed by atoms with E-state index in [4.69, 9.17) is 0 Å². The van der Waals surface area contributed by atoms with Crippen LogP contribution in [0.2, 0.25) is 0 Å². The van der Waals surface area contributed by atoms with Gasteiger partial charge in [-0.1, -0.05) is 34.1 Å². The van der Waals surface area contributed by atoms with Crippen molar-refractivity contribution in [3.8, 4) is 5.75 Å². The number of aromatic hydroxyl groups is 1. The van der Waals surface area contributed by atoms with Gasteiger partial charge in [-0.15, -0.1) is 0 Å². The molecule has 0 fully saturated rings. The molecule has 126 valence electrons. The second-order valence-electron chi connectivity index (χ2n) is 5.64. The molecule has 2 N–H and O–H groups in total. The van der Waals surface area contributed by atoms with Crippen molar-refractivity contribution < 1.29 is 14.7 Å². The molecule has 0 radical (unpaired) electrons. The van der Waals surface area contributed by atoms with Crippen molar-refractivity contribution >= 4 is 33.4 Å². The molecule has 0 unspecified atom stereocenters. The van der Waals surface area contributed by atoms with Crippen LogP contribution in [0.4, 0.5) is 5.69 Å². The third-order valence-electron chi connectivity index (χ3n) is 3.66. The van der Waals surface area contributed by atoms with E-state index >= 15 is 0 Å². The molecule has 0 spiro atoms. The van der Waals surface area contributed by atoms with Gasteiger partial charge in [-0.25, -0.2) is 0 Å². The molecule has 0 aliphatic carbocycles. The van der Waals surface area contributed by atoms with Gasteiger partial charge in [0.1, 0.15) is 5.75 Å². The third kappa shape index (κ3) is 4.14. The first-order valence-corrected chi connectivity index (χ1v) is 8.19. The zero-order valence-electron chi connectivity index (χ0n) is 13.8. The predicted octanol–water partition coefficient (Wildman–Crippen LogP) is 3.48. The fourth-order valence-corrected chi connectivity index (χ4v) is 2.72. The van der Waals surface area contributed by atoms with Gasteiger partial charge >= 0.3 is 0 Å². The highest BCUT2D eigenvalue weighted by Gasteiger charge is 2.19. The second kappa shape index (κ2) is 7.49. The number of para-hydroxylation sites is 1. The summed E-state index contributed by atoms with van der Waals surface area (Å²) in [6.45, 7) is 3.71. The Labute approximate surface area is 149 Å². The molecule has 0 aliphatic rings. The van der Waals surface area contributed by atoms with Crippen LogP contribution in [-0.2, 0) is 4.79 Å². The highest BCUT2D eigenvalue weighted by atomic mass is 79.9. The molecule has 0 bridgehead atoms. The molecule has 2 rings (SSSR count). The summed E-state index contributed by atoms with van der Waals surface area (Å²) >= 11 is 3.26. The van der Waals surface area contributed by atoms with Gasteiger partial charge in [0.15, 0.2) is 0 Å². The van der Waals surface area contributed by atoms with Crippen molar-refractivity contribution in [1.29, 1.82) is 0 Å². The lowest BCUT2D eigenvalue weighted by Gasteiger charge is -2.18. The van der Waals surface area contributed by atoms with Crippen molar-refractivity contribution in [3.05, 3.63) is 57.6 Å². The molecule has 0 saturated carbocycles. The van der Waals surface area contributed by atoms with Crippen LogP contribution in [0.1, 0.15) is 21.5 Å². The number of anilines is 1. The Morgan fingerprint density at radius 1 is 1.17 bits per heavy atom. The lowest BCUT2D eigenvalue weighted by molar-refractivity contribution is -0.116. The quantitative estimate of drug-likeness (QED) is 0.839. The van der Waals surface area contributed by atoms with Crippen molar-refractivity contribution in [1.82, 2.24) is 4.90 Å². The maximum Gasteiger partial charge on any atom is 0.257 e. The monoisotopic (exact) mass is 390 g/mol. The number of phenols is 1. The molecule has 0 aliphatic heterocycles. The standard InChI is InChI=1S/C18H19BrN2O3/c1-11-5-4-6-12(2)17(11)20-16(23)10-21(3)18(24)14-9-13(19)7-8-15(14)22/h4-9,22H,10H2,1-3H3,(H,20,23). The maximum atomic E-state index is 12.4. The molecular formula is C18H19BrN2O3. The Morgan fingerprint density at radius 3 is 2.42 bits per heavy atom. The van der Waals surface area contributed by atoms with Crippen molar-refractivity contribution in [2.45, 2.75) is 13.8 Å². The van der Waals surface area contributed by atoms with Crippen LogP contribution in [-0.4, -0.2) is 35.4 Å². The summed E-state index contributed by atoms with van der Waals surface area (Å²) in [4.78, 5) is 25.9. The summed E-state index contributed by atoms with van der Waals surface area (Å²) in [5.41, 5.74) is 2.82. The maximum absolute atomic E-state index is 12.4. The number of carbonyl (C=O) groups excluding carboxylic acids is 2. The molecule has 0 heterocycles. The van der Waals surface area contributed by atoms with E-state index in [-0.39, 0.29) is 23.8 Å². The van der Waals surface area contributed by atoms with Gasteiger partial charge in [0.25, 0.3) is 5.91 Å². The van der Waals surface area contributed by atoms with Crippen LogP contribution in [0.15, 0.2) is 40.9 Å². The number of phenolic OH excluding ortho intramolecular Hbond substituents is 1. The van der Waals surface area contributed by atoms with Gasteiger partial charge in [0.2, 0.25) is 5.91 Å². The van der Waals surface area contributed by atoms with Crippen molar-refractivity contribution in [3.63, 3.8) is 0 Å². The molecule has 2 amide bonds. The fourth-order valence-electron chi connectivity index (χ4n) is 2.36. The molecule has 0 saturated heterocycles. The molecule has 0 aromatic heterocycles. The number of likely N-dealkylation sites (N-methyl/N-ethyl adjacent to an activating group) is 1. The molecule has 6 heteroatoms. The van der Waals surface area contributed by atoms with E-state index in [1.54, 1.807) is 6.07 Å². The van der Waals surface area contributed by atoms with Crippen LogP contribution in [0.3, 0.4) is 0 Å². The first kappa shape index (κ1) is 18.0. The summed E-state index contributed by atoms with van der Waals surface area (Å²) in [6.07, 6.45) is 0. The lowest BCUT2D eigenvalue weighted by Crippen LogP contribution is -2.35. The summed E-state index contributed by atoms with van der Waals surface area (Å²) in [6, 6.07) is 10.3. The second-order valence-corrected chi connectivity index (χ2v) is 6.55. The van der Waals surface area contributed by atoms with Crippen molar-refractivity contribution in [2.24, 2.45) is 0 Å². The number of carbonyl (C=O) groups is 2. The number of hydrogen-bond acceptors (Lipinski definition) is 3. The summed E-state index contributed by atoms with van der Waals surface area (Å²) < 4.78 is 0.678. The summed E-state index contributed by atoms with van der Waals surface area (Å²) in [7, 11) is 1.52. The number of amides is 2. The van der Waals surface area contributed by atoms with Gasteiger partial charge in [-0.05, 0) is 43.2 Å². The lowest BCUT2D eigenvalue weighted by atomic mass is 10.1. The van der Waals surface area contributed by atoms with Crippen LogP contribution in [0.25, 0.3) is 0 Å². The number of nitrogens with one attached hydrogen (secondary N) is 1. The number of benzene rings is 2. The van der Waals surface area contributed by atoms with Gasteiger partial charge in [-0.3, -0.25) is 9.59 Å².